The summed E-state index contributed by atoms with van der Waals surface area (Å²) in [6, 6.07) is 0. The van der Waals surface area contributed by atoms with E-state index in [1.807, 2.05) is 53.9 Å². The summed E-state index contributed by atoms with van der Waals surface area (Å²) in [6.07, 6.45) is 2.29. The Morgan fingerprint density at radius 1 is 0.697 bits per heavy atom. The van der Waals surface area contributed by atoms with E-state index in [-0.39, 0.29) is 17.4 Å². The predicted molar refractivity (Wildman–Crippen MR) is 131 cm³/mol. The first-order chi connectivity index (χ1) is 14.6. The number of nitrogens with zero attached hydrogens (tertiary/aromatic N) is 3. The van der Waals surface area contributed by atoms with Crippen LogP contribution in [0.3, 0.4) is 0 Å². The lowest BCUT2D eigenvalue weighted by atomic mass is 9.94. The molecule has 198 valence electrons. The molecule has 10 nitrogen and oxygen atoms in total. The van der Waals surface area contributed by atoms with E-state index in [0.29, 0.717) is 48.0 Å². The van der Waals surface area contributed by atoms with Gasteiger partial charge >= 0.3 is 0 Å². The minimum atomic E-state index is -3.95. The third-order valence-electron chi connectivity index (χ3n) is 5.64. The zero-order valence-electron chi connectivity index (χ0n) is 21.6. The second kappa shape index (κ2) is 12.8. The fraction of sp³-hybridized carbons (Fsp3) is 0.952. The van der Waals surface area contributed by atoms with Gasteiger partial charge in [-0.05, 0) is 0 Å². The molecule has 0 aromatic rings. The van der Waals surface area contributed by atoms with Gasteiger partial charge in [-0.3, -0.25) is 13.9 Å². The van der Waals surface area contributed by atoms with Crippen LogP contribution in [0.5, 0.6) is 0 Å². The highest BCUT2D eigenvalue weighted by molar-refractivity contribution is 7.86. The molecule has 0 heterocycles. The maximum atomic E-state index is 13.0. The van der Waals surface area contributed by atoms with Crippen molar-refractivity contribution in [3.05, 3.63) is 0 Å². The molecule has 0 spiro atoms. The lowest BCUT2D eigenvalue weighted by molar-refractivity contribution is -0.890. The minimum Gasteiger partial charge on any atom is -0.342 e. The largest absolute Gasteiger partial charge is 0.342 e. The molecule has 0 aliphatic heterocycles. The smallest absolute Gasteiger partial charge is 0.265 e. The topological polar surface area (TPSA) is 129 Å². The van der Waals surface area contributed by atoms with Crippen LogP contribution in [0.15, 0.2) is 0 Å². The van der Waals surface area contributed by atoms with E-state index in [2.05, 4.69) is 0 Å². The van der Waals surface area contributed by atoms with E-state index in [1.165, 1.54) is 0 Å². The van der Waals surface area contributed by atoms with E-state index < -0.39 is 25.7 Å². The maximum absolute atomic E-state index is 13.0. The molecule has 0 unspecified atom stereocenters. The van der Waals surface area contributed by atoms with Crippen LogP contribution in [0.4, 0.5) is 0 Å². The van der Waals surface area contributed by atoms with Gasteiger partial charge in [0.25, 0.3) is 20.2 Å². The molecule has 0 saturated heterocycles. The van der Waals surface area contributed by atoms with Gasteiger partial charge in [0.05, 0.1) is 65.9 Å². The number of hydrogen-bond donors (Lipinski definition) is 2. The summed E-state index contributed by atoms with van der Waals surface area (Å²) in [6.45, 7) is 9.67. The molecule has 1 amide bonds. The predicted octanol–water partition coefficient (Wildman–Crippen LogP) is 1.35. The van der Waals surface area contributed by atoms with Crippen molar-refractivity contribution in [1.29, 1.82) is 0 Å². The minimum absolute atomic E-state index is 0.0795. The molecular weight excluding hydrogens is 470 g/mol. The Kier molecular flexibility index (Phi) is 12.5. The second-order valence-corrected chi connectivity index (χ2v) is 14.4. The lowest BCUT2D eigenvalue weighted by Gasteiger charge is -2.34. The third-order valence-corrected chi connectivity index (χ3v) is 7.25. The van der Waals surface area contributed by atoms with Gasteiger partial charge < -0.3 is 13.9 Å². The fourth-order valence-electron chi connectivity index (χ4n) is 3.74. The Hall–Kier alpha value is -0.790. The van der Waals surface area contributed by atoms with Crippen molar-refractivity contribution in [2.75, 3.05) is 79.0 Å². The summed E-state index contributed by atoms with van der Waals surface area (Å²) in [5, 5.41) is 0. The SMILES string of the molecule is CC(C)(C)C(=O)N(CCC[N+](C)(C)CCCS(=O)(=O)O)CCC[N+](C)(C)CCCS(=O)(=O)O. The van der Waals surface area contributed by atoms with Crippen molar-refractivity contribution in [1.82, 2.24) is 4.90 Å². The zero-order valence-corrected chi connectivity index (χ0v) is 23.2. The van der Waals surface area contributed by atoms with E-state index in [4.69, 9.17) is 9.11 Å². The standard InChI is InChI=1S/C21H45N3O7S2/c1-21(2,3)20(25)22(12-8-14-23(4,5)16-10-18-32(26,27)28)13-9-15-24(6,7)17-11-19-33(29,30)31/h8-19H2,1-7H3/p+2. The molecule has 0 aliphatic carbocycles. The summed E-state index contributed by atoms with van der Waals surface area (Å²) in [7, 11) is 0.125. The van der Waals surface area contributed by atoms with Crippen molar-refractivity contribution >= 4 is 26.1 Å². The highest BCUT2D eigenvalue weighted by atomic mass is 32.2. The van der Waals surface area contributed by atoms with Crippen LogP contribution in [0.2, 0.25) is 0 Å². The van der Waals surface area contributed by atoms with Crippen molar-refractivity contribution < 1.29 is 39.7 Å². The molecule has 0 aromatic heterocycles. The van der Waals surface area contributed by atoms with Crippen LogP contribution in [0.25, 0.3) is 0 Å². The zero-order chi connectivity index (χ0) is 26.1. The normalized spacial score (nSPS) is 13.8. The number of rotatable bonds is 16. The first-order valence-electron chi connectivity index (χ1n) is 11.5. The van der Waals surface area contributed by atoms with Crippen molar-refractivity contribution in [3.63, 3.8) is 0 Å². The van der Waals surface area contributed by atoms with Gasteiger partial charge in [0.15, 0.2) is 0 Å². The van der Waals surface area contributed by atoms with E-state index >= 15 is 0 Å². The Morgan fingerprint density at radius 3 is 1.27 bits per heavy atom. The maximum Gasteiger partial charge on any atom is 0.265 e. The van der Waals surface area contributed by atoms with Gasteiger partial charge in [0.1, 0.15) is 0 Å². The Bertz CT molecular complexity index is 761. The summed E-state index contributed by atoms with van der Waals surface area (Å²) in [5.41, 5.74) is -0.500. The molecular formula is C21H47N3O7S2+2. The van der Waals surface area contributed by atoms with Crippen LogP contribution in [-0.2, 0) is 25.0 Å². The first-order valence-corrected chi connectivity index (χ1v) is 14.7. The van der Waals surface area contributed by atoms with Gasteiger partial charge in [-0.25, -0.2) is 0 Å². The van der Waals surface area contributed by atoms with Crippen LogP contribution >= 0.6 is 0 Å². The van der Waals surface area contributed by atoms with E-state index in [1.54, 1.807) is 0 Å². The average Bonchev–Trinajstić information content (AvgIpc) is 2.56. The molecule has 0 rings (SSSR count). The number of carbonyl (C=O) groups excluding carboxylic acids is 1. The highest BCUT2D eigenvalue weighted by Gasteiger charge is 2.28. The molecule has 0 fully saturated rings. The molecule has 33 heavy (non-hydrogen) atoms. The van der Waals surface area contributed by atoms with Crippen LogP contribution in [0, 0.1) is 5.41 Å². The number of hydrogen-bond acceptors (Lipinski definition) is 5. The molecule has 0 aliphatic rings. The van der Waals surface area contributed by atoms with E-state index in [0.717, 1.165) is 25.9 Å². The highest BCUT2D eigenvalue weighted by Crippen LogP contribution is 2.18. The average molecular weight is 518 g/mol. The van der Waals surface area contributed by atoms with Crippen LogP contribution in [0.1, 0.15) is 46.5 Å². The van der Waals surface area contributed by atoms with Gasteiger partial charge in [0.2, 0.25) is 5.91 Å². The van der Waals surface area contributed by atoms with Crippen LogP contribution in [-0.4, -0.2) is 125 Å². The number of quaternary nitrogens is 2. The lowest BCUT2D eigenvalue weighted by Crippen LogP contribution is -2.46. The monoisotopic (exact) mass is 517 g/mol. The van der Waals surface area contributed by atoms with Gasteiger partial charge in [0, 0.05) is 44.2 Å². The molecule has 0 atom stereocenters. The molecule has 0 bridgehead atoms. The number of carbonyl (C=O) groups is 1. The molecule has 0 aromatic carbocycles. The quantitative estimate of drug-likeness (QED) is 0.233. The fourth-order valence-corrected chi connectivity index (χ4v) is 4.73. The Labute approximate surface area is 201 Å². The first kappa shape index (κ1) is 32.2. The van der Waals surface area contributed by atoms with Crippen molar-refractivity contribution in [2.45, 2.75) is 46.5 Å². The van der Waals surface area contributed by atoms with Gasteiger partial charge in [-0.1, -0.05) is 20.8 Å². The number of amides is 1. The van der Waals surface area contributed by atoms with Gasteiger partial charge in [-0.15, -0.1) is 0 Å². The Morgan fingerprint density at radius 2 is 1.00 bits per heavy atom. The van der Waals surface area contributed by atoms with Crippen LogP contribution < -0.4 is 0 Å². The van der Waals surface area contributed by atoms with Crippen molar-refractivity contribution in [2.24, 2.45) is 5.41 Å². The van der Waals surface area contributed by atoms with Gasteiger partial charge in [-0.2, -0.15) is 16.8 Å². The Balaban J connectivity index is 4.78. The van der Waals surface area contributed by atoms with Crippen molar-refractivity contribution in [3.8, 4) is 0 Å². The van der Waals surface area contributed by atoms with E-state index in [9.17, 15) is 21.6 Å². The molecule has 0 radical (unpaired) electrons. The third kappa shape index (κ3) is 17.3. The summed E-state index contributed by atoms with van der Waals surface area (Å²) < 4.78 is 62.7. The summed E-state index contributed by atoms with van der Waals surface area (Å²) in [4.78, 5) is 14.9. The summed E-state index contributed by atoms with van der Waals surface area (Å²) >= 11 is 0. The molecule has 2 N–H and O–H groups in total. The molecule has 0 saturated carbocycles. The molecule has 12 heteroatoms. The summed E-state index contributed by atoms with van der Waals surface area (Å²) in [5.74, 6) is -0.417. The second-order valence-electron chi connectivity index (χ2n) is 11.3.